The van der Waals surface area contributed by atoms with Crippen LogP contribution in [0.15, 0.2) is 0 Å². The van der Waals surface area contributed by atoms with Gasteiger partial charge in [0.05, 0.1) is 0 Å². The molecule has 0 spiro atoms. The Bertz CT molecular complexity index is 249. The molecule has 1 aliphatic carbocycles. The largest absolute Gasteiger partial charge is 0.335 e. The molecule has 2 bridgehead atoms. The van der Waals surface area contributed by atoms with Crippen molar-refractivity contribution >= 4 is 5.91 Å². The van der Waals surface area contributed by atoms with Gasteiger partial charge in [-0.15, -0.1) is 0 Å². The maximum absolute atomic E-state index is 11.9. The third-order valence-electron chi connectivity index (χ3n) is 3.77. The van der Waals surface area contributed by atoms with E-state index in [9.17, 15) is 4.79 Å². The van der Waals surface area contributed by atoms with Crippen LogP contribution in [0.5, 0.6) is 0 Å². The van der Waals surface area contributed by atoms with Gasteiger partial charge in [0.15, 0.2) is 0 Å². The lowest BCUT2D eigenvalue weighted by molar-refractivity contribution is -0.133. The molecule has 3 heteroatoms. The van der Waals surface area contributed by atoms with Crippen LogP contribution in [0.4, 0.5) is 0 Å². The van der Waals surface area contributed by atoms with E-state index in [1.165, 1.54) is 6.42 Å². The Balaban J connectivity index is 1.80. The topological polar surface area (TPSA) is 46.3 Å². The highest BCUT2D eigenvalue weighted by Gasteiger charge is 2.49. The molecule has 72 valence electrons. The standard InChI is InChI=1S/C10H16N2O/c11-8-5-7-3-4-9(8)12(7)10(13)6-1-2-6/h6-9H,1-5,11H2. The third kappa shape index (κ3) is 1.03. The van der Waals surface area contributed by atoms with E-state index >= 15 is 0 Å². The summed E-state index contributed by atoms with van der Waals surface area (Å²) in [5, 5.41) is 0. The summed E-state index contributed by atoms with van der Waals surface area (Å²) in [7, 11) is 0. The lowest BCUT2D eigenvalue weighted by Crippen LogP contribution is -2.41. The van der Waals surface area contributed by atoms with Gasteiger partial charge in [0, 0.05) is 24.0 Å². The van der Waals surface area contributed by atoms with Crippen molar-refractivity contribution in [3.63, 3.8) is 0 Å². The minimum absolute atomic E-state index is 0.265. The first-order valence-corrected chi connectivity index (χ1v) is 5.35. The molecular weight excluding hydrogens is 164 g/mol. The average Bonchev–Trinajstić information content (AvgIpc) is 2.82. The first kappa shape index (κ1) is 7.80. The monoisotopic (exact) mass is 180 g/mol. The van der Waals surface area contributed by atoms with Crippen molar-refractivity contribution in [1.29, 1.82) is 0 Å². The molecule has 3 nitrogen and oxygen atoms in total. The SMILES string of the molecule is NC1CC2CCC1N2C(=O)C1CC1. The summed E-state index contributed by atoms with van der Waals surface area (Å²) >= 11 is 0. The second kappa shape index (κ2) is 2.47. The van der Waals surface area contributed by atoms with E-state index in [1.54, 1.807) is 0 Å². The normalized spacial score (nSPS) is 42.8. The van der Waals surface area contributed by atoms with Gasteiger partial charge < -0.3 is 10.6 Å². The van der Waals surface area contributed by atoms with Crippen LogP contribution in [0.3, 0.4) is 0 Å². The molecule has 3 atom stereocenters. The van der Waals surface area contributed by atoms with Crippen molar-refractivity contribution < 1.29 is 4.79 Å². The number of nitrogens with two attached hydrogens (primary N) is 1. The van der Waals surface area contributed by atoms with Crippen LogP contribution in [0.1, 0.15) is 32.1 Å². The average molecular weight is 180 g/mol. The Hall–Kier alpha value is -0.570. The molecule has 0 aromatic carbocycles. The molecular formula is C10H16N2O. The van der Waals surface area contributed by atoms with Crippen LogP contribution < -0.4 is 5.73 Å². The van der Waals surface area contributed by atoms with Crippen molar-refractivity contribution in [1.82, 2.24) is 4.90 Å². The Morgan fingerprint density at radius 1 is 1.23 bits per heavy atom. The van der Waals surface area contributed by atoms with E-state index in [-0.39, 0.29) is 6.04 Å². The number of fused-ring (bicyclic) bond motifs is 2. The molecule has 0 aromatic rings. The Morgan fingerprint density at radius 3 is 2.46 bits per heavy atom. The first-order valence-electron chi connectivity index (χ1n) is 5.35. The number of carbonyl (C=O) groups excluding carboxylic acids is 1. The molecule has 3 aliphatic rings. The van der Waals surface area contributed by atoms with Gasteiger partial charge in [-0.25, -0.2) is 0 Å². The lowest BCUT2D eigenvalue weighted by atomic mass is 9.97. The summed E-state index contributed by atoms with van der Waals surface area (Å²) in [5.41, 5.74) is 5.97. The van der Waals surface area contributed by atoms with Gasteiger partial charge in [-0.3, -0.25) is 4.79 Å². The van der Waals surface area contributed by atoms with Crippen LogP contribution in [0.25, 0.3) is 0 Å². The first-order chi connectivity index (χ1) is 6.27. The molecule has 2 aliphatic heterocycles. The number of hydrogen-bond donors (Lipinski definition) is 1. The van der Waals surface area contributed by atoms with Crippen molar-refractivity contribution in [3.05, 3.63) is 0 Å². The predicted molar refractivity (Wildman–Crippen MR) is 49.0 cm³/mol. The Morgan fingerprint density at radius 2 is 2.00 bits per heavy atom. The van der Waals surface area contributed by atoms with Crippen LogP contribution in [-0.2, 0) is 4.79 Å². The highest BCUT2D eigenvalue weighted by atomic mass is 16.2. The van der Waals surface area contributed by atoms with E-state index < -0.39 is 0 Å². The Labute approximate surface area is 78.3 Å². The van der Waals surface area contributed by atoms with Crippen LogP contribution in [-0.4, -0.2) is 28.9 Å². The zero-order valence-corrected chi connectivity index (χ0v) is 7.78. The van der Waals surface area contributed by atoms with Gasteiger partial charge in [-0.2, -0.15) is 0 Å². The molecule has 1 amide bonds. The summed E-state index contributed by atoms with van der Waals surface area (Å²) < 4.78 is 0. The van der Waals surface area contributed by atoms with E-state index in [1.807, 2.05) is 0 Å². The minimum atomic E-state index is 0.265. The zero-order chi connectivity index (χ0) is 9.00. The summed E-state index contributed by atoms with van der Waals surface area (Å²) in [5.74, 6) is 0.772. The number of hydrogen-bond acceptors (Lipinski definition) is 2. The van der Waals surface area contributed by atoms with E-state index in [4.69, 9.17) is 5.73 Å². The van der Waals surface area contributed by atoms with Crippen molar-refractivity contribution in [2.24, 2.45) is 11.7 Å². The van der Waals surface area contributed by atoms with Gasteiger partial charge in [-0.05, 0) is 32.1 Å². The maximum Gasteiger partial charge on any atom is 0.226 e. The molecule has 3 fully saturated rings. The molecule has 2 saturated heterocycles. The quantitative estimate of drug-likeness (QED) is 0.638. The van der Waals surface area contributed by atoms with Crippen LogP contribution >= 0.6 is 0 Å². The molecule has 3 rings (SSSR count). The predicted octanol–water partition coefficient (Wildman–Crippen LogP) is 0.487. The van der Waals surface area contributed by atoms with Crippen LogP contribution in [0, 0.1) is 5.92 Å². The Kier molecular flexibility index (Phi) is 1.48. The maximum atomic E-state index is 11.9. The number of amides is 1. The highest BCUT2D eigenvalue weighted by molar-refractivity contribution is 5.82. The molecule has 0 aromatic heterocycles. The van der Waals surface area contributed by atoms with Crippen molar-refractivity contribution in [2.45, 2.75) is 50.2 Å². The summed E-state index contributed by atoms with van der Waals surface area (Å²) in [6, 6.07) is 1.15. The highest BCUT2D eigenvalue weighted by Crippen LogP contribution is 2.41. The van der Waals surface area contributed by atoms with Gasteiger partial charge >= 0.3 is 0 Å². The van der Waals surface area contributed by atoms with E-state index in [0.717, 1.165) is 25.7 Å². The summed E-state index contributed by atoms with van der Waals surface area (Å²) in [4.78, 5) is 14.0. The molecule has 13 heavy (non-hydrogen) atoms. The van der Waals surface area contributed by atoms with Gasteiger partial charge in [0.2, 0.25) is 5.91 Å². The second-order valence-electron chi connectivity index (χ2n) is 4.72. The van der Waals surface area contributed by atoms with Gasteiger partial charge in [0.25, 0.3) is 0 Å². The minimum Gasteiger partial charge on any atom is -0.335 e. The van der Waals surface area contributed by atoms with Crippen molar-refractivity contribution in [3.8, 4) is 0 Å². The molecule has 2 N–H and O–H groups in total. The van der Waals surface area contributed by atoms with E-state index in [2.05, 4.69) is 4.90 Å². The molecule has 2 heterocycles. The summed E-state index contributed by atoms with van der Waals surface area (Å²) in [6.07, 6.45) is 5.61. The fraction of sp³-hybridized carbons (Fsp3) is 0.900. The molecule has 0 radical (unpaired) electrons. The van der Waals surface area contributed by atoms with Crippen LogP contribution in [0.2, 0.25) is 0 Å². The van der Waals surface area contributed by atoms with Crippen molar-refractivity contribution in [2.75, 3.05) is 0 Å². The smallest absolute Gasteiger partial charge is 0.226 e. The fourth-order valence-electron chi connectivity index (χ4n) is 2.92. The second-order valence-corrected chi connectivity index (χ2v) is 4.72. The number of carbonyl (C=O) groups is 1. The summed E-state index contributed by atoms with van der Waals surface area (Å²) in [6.45, 7) is 0. The number of rotatable bonds is 1. The van der Waals surface area contributed by atoms with Gasteiger partial charge in [-0.1, -0.05) is 0 Å². The zero-order valence-electron chi connectivity index (χ0n) is 7.78. The van der Waals surface area contributed by atoms with E-state index in [0.29, 0.717) is 23.9 Å². The molecule has 1 saturated carbocycles. The fourth-order valence-corrected chi connectivity index (χ4v) is 2.92. The number of nitrogens with zero attached hydrogens (tertiary/aromatic N) is 1. The lowest BCUT2D eigenvalue weighted by Gasteiger charge is -2.22. The third-order valence-corrected chi connectivity index (χ3v) is 3.77. The molecule has 3 unspecified atom stereocenters. The van der Waals surface area contributed by atoms with Gasteiger partial charge in [0.1, 0.15) is 0 Å².